The van der Waals surface area contributed by atoms with Crippen molar-refractivity contribution < 1.29 is 4.79 Å². The number of carbonyl (C=O) groups is 1. The normalized spacial score (nSPS) is 14.0. The first-order chi connectivity index (χ1) is 6.36. The van der Waals surface area contributed by atoms with E-state index < -0.39 is 0 Å². The molecule has 1 saturated heterocycles. The second-order valence-corrected chi connectivity index (χ2v) is 3.10. The lowest BCUT2D eigenvalue weighted by atomic mass is 10.3. The standard InChI is InChI=1S/C10H12N2O/c13-10(12-6-7-12)8-11-9-4-2-1-3-5-9/h1-5,11H,6-8H2. The monoisotopic (exact) mass is 176 g/mol. The molecule has 0 aromatic heterocycles. The molecule has 2 rings (SSSR count). The van der Waals surface area contributed by atoms with Crippen LogP contribution < -0.4 is 5.32 Å². The van der Waals surface area contributed by atoms with Crippen LogP contribution in [0.15, 0.2) is 30.3 Å². The molecule has 0 aliphatic carbocycles. The zero-order chi connectivity index (χ0) is 9.10. The summed E-state index contributed by atoms with van der Waals surface area (Å²) in [5.41, 5.74) is 0.998. The lowest BCUT2D eigenvalue weighted by molar-refractivity contribution is -0.123. The predicted octanol–water partition coefficient (Wildman–Crippen LogP) is 0.941. The molecule has 0 radical (unpaired) electrons. The zero-order valence-electron chi connectivity index (χ0n) is 7.36. The quantitative estimate of drug-likeness (QED) is 0.695. The molecule has 0 bridgehead atoms. The van der Waals surface area contributed by atoms with Gasteiger partial charge < -0.3 is 10.2 Å². The fourth-order valence-electron chi connectivity index (χ4n) is 1.14. The fourth-order valence-corrected chi connectivity index (χ4v) is 1.14. The maximum atomic E-state index is 11.2. The number of nitrogens with one attached hydrogen (secondary N) is 1. The second-order valence-electron chi connectivity index (χ2n) is 3.10. The molecule has 1 aromatic carbocycles. The van der Waals surface area contributed by atoms with Crippen LogP contribution in [0.25, 0.3) is 0 Å². The van der Waals surface area contributed by atoms with Gasteiger partial charge in [0.15, 0.2) is 0 Å². The van der Waals surface area contributed by atoms with Gasteiger partial charge in [-0.1, -0.05) is 18.2 Å². The number of anilines is 1. The summed E-state index contributed by atoms with van der Waals surface area (Å²) >= 11 is 0. The summed E-state index contributed by atoms with van der Waals surface area (Å²) < 4.78 is 0. The number of hydrogen-bond acceptors (Lipinski definition) is 2. The number of benzene rings is 1. The average molecular weight is 176 g/mol. The lowest BCUT2D eigenvalue weighted by Gasteiger charge is -2.05. The second kappa shape index (κ2) is 3.47. The Kier molecular flexibility index (Phi) is 2.17. The van der Waals surface area contributed by atoms with Crippen LogP contribution in [0.4, 0.5) is 5.69 Å². The van der Waals surface area contributed by atoms with Gasteiger partial charge in [-0.25, -0.2) is 0 Å². The highest BCUT2D eigenvalue weighted by molar-refractivity contribution is 5.82. The number of nitrogens with zero attached hydrogens (tertiary/aromatic N) is 1. The molecule has 3 nitrogen and oxygen atoms in total. The van der Waals surface area contributed by atoms with Crippen molar-refractivity contribution >= 4 is 11.6 Å². The fraction of sp³-hybridized carbons (Fsp3) is 0.300. The molecule has 0 unspecified atom stereocenters. The molecule has 3 heteroatoms. The molecular weight excluding hydrogens is 164 g/mol. The highest BCUT2D eigenvalue weighted by Crippen LogP contribution is 2.07. The Bertz CT molecular complexity index is 293. The molecule has 13 heavy (non-hydrogen) atoms. The van der Waals surface area contributed by atoms with E-state index in [9.17, 15) is 4.79 Å². The summed E-state index contributed by atoms with van der Waals surface area (Å²) in [4.78, 5) is 13.1. The van der Waals surface area contributed by atoms with Gasteiger partial charge >= 0.3 is 0 Å². The van der Waals surface area contributed by atoms with Gasteiger partial charge in [-0.15, -0.1) is 0 Å². The van der Waals surface area contributed by atoms with Crippen LogP contribution in [-0.4, -0.2) is 30.4 Å². The Morgan fingerprint density at radius 3 is 2.62 bits per heavy atom. The molecule has 1 amide bonds. The SMILES string of the molecule is O=C(CNc1ccccc1)N1CC1. The molecule has 1 fully saturated rings. The van der Waals surface area contributed by atoms with Crippen molar-refractivity contribution in [2.24, 2.45) is 0 Å². The third-order valence-electron chi connectivity index (χ3n) is 2.02. The van der Waals surface area contributed by atoms with E-state index in [0.29, 0.717) is 6.54 Å². The van der Waals surface area contributed by atoms with E-state index in [1.807, 2.05) is 35.2 Å². The first-order valence-electron chi connectivity index (χ1n) is 4.43. The molecule has 1 aliphatic heterocycles. The molecule has 0 spiro atoms. The predicted molar refractivity (Wildman–Crippen MR) is 51.5 cm³/mol. The van der Waals surface area contributed by atoms with E-state index in [0.717, 1.165) is 18.8 Å². The lowest BCUT2D eigenvalue weighted by Crippen LogP contribution is -2.20. The Hall–Kier alpha value is -1.51. The van der Waals surface area contributed by atoms with Crippen molar-refractivity contribution in [3.63, 3.8) is 0 Å². The minimum Gasteiger partial charge on any atom is -0.376 e. The van der Waals surface area contributed by atoms with Crippen molar-refractivity contribution in [3.05, 3.63) is 30.3 Å². The van der Waals surface area contributed by atoms with Gasteiger partial charge in [0, 0.05) is 18.8 Å². The van der Waals surface area contributed by atoms with Crippen molar-refractivity contribution in [1.82, 2.24) is 4.90 Å². The summed E-state index contributed by atoms with van der Waals surface area (Å²) in [7, 11) is 0. The van der Waals surface area contributed by atoms with E-state index >= 15 is 0 Å². The van der Waals surface area contributed by atoms with Gasteiger partial charge in [0.2, 0.25) is 5.91 Å². The van der Waals surface area contributed by atoms with Crippen LogP contribution in [0.1, 0.15) is 0 Å². The van der Waals surface area contributed by atoms with Crippen LogP contribution in [0.3, 0.4) is 0 Å². The maximum Gasteiger partial charge on any atom is 0.241 e. The minimum atomic E-state index is 0.184. The van der Waals surface area contributed by atoms with Crippen LogP contribution >= 0.6 is 0 Å². The number of para-hydroxylation sites is 1. The van der Waals surface area contributed by atoms with Gasteiger partial charge in [-0.2, -0.15) is 0 Å². The van der Waals surface area contributed by atoms with Crippen molar-refractivity contribution in [3.8, 4) is 0 Å². The van der Waals surface area contributed by atoms with Gasteiger partial charge in [0.25, 0.3) is 0 Å². The highest BCUT2D eigenvalue weighted by Gasteiger charge is 2.22. The van der Waals surface area contributed by atoms with Gasteiger partial charge in [0.05, 0.1) is 6.54 Å². The molecule has 1 aromatic rings. The van der Waals surface area contributed by atoms with E-state index in [1.165, 1.54) is 0 Å². The third-order valence-corrected chi connectivity index (χ3v) is 2.02. The van der Waals surface area contributed by atoms with Crippen LogP contribution in [0.2, 0.25) is 0 Å². The van der Waals surface area contributed by atoms with Crippen molar-refractivity contribution in [2.75, 3.05) is 25.0 Å². The van der Waals surface area contributed by atoms with Gasteiger partial charge in [-0.05, 0) is 12.1 Å². The molecule has 1 N–H and O–H groups in total. The number of carbonyl (C=O) groups excluding carboxylic acids is 1. The van der Waals surface area contributed by atoms with Crippen molar-refractivity contribution in [1.29, 1.82) is 0 Å². The summed E-state index contributed by atoms with van der Waals surface area (Å²) in [5, 5.41) is 3.07. The molecule has 1 aliphatic rings. The Balaban J connectivity index is 1.82. The van der Waals surface area contributed by atoms with Gasteiger partial charge in [0.1, 0.15) is 0 Å². The van der Waals surface area contributed by atoms with E-state index in [-0.39, 0.29) is 5.91 Å². The summed E-state index contributed by atoms with van der Waals surface area (Å²) in [6, 6.07) is 9.76. The minimum absolute atomic E-state index is 0.184. The maximum absolute atomic E-state index is 11.2. The first kappa shape index (κ1) is 8.10. The van der Waals surface area contributed by atoms with E-state index in [4.69, 9.17) is 0 Å². The Labute approximate surface area is 77.4 Å². The average Bonchev–Trinajstić information content (AvgIpc) is 2.99. The third kappa shape index (κ3) is 2.21. The van der Waals surface area contributed by atoms with E-state index in [1.54, 1.807) is 0 Å². The summed E-state index contributed by atoms with van der Waals surface area (Å²) in [6.45, 7) is 2.26. The Morgan fingerprint density at radius 2 is 2.00 bits per heavy atom. The largest absolute Gasteiger partial charge is 0.376 e. The number of hydrogen-bond donors (Lipinski definition) is 1. The van der Waals surface area contributed by atoms with Crippen molar-refractivity contribution in [2.45, 2.75) is 0 Å². The topological polar surface area (TPSA) is 32.1 Å². The zero-order valence-corrected chi connectivity index (χ0v) is 7.36. The smallest absolute Gasteiger partial charge is 0.241 e. The summed E-state index contributed by atoms with van der Waals surface area (Å²) in [5.74, 6) is 0.184. The first-order valence-corrected chi connectivity index (χ1v) is 4.43. The van der Waals surface area contributed by atoms with Crippen LogP contribution in [0, 0.1) is 0 Å². The number of amides is 1. The van der Waals surface area contributed by atoms with Gasteiger partial charge in [-0.3, -0.25) is 4.79 Å². The van der Waals surface area contributed by atoms with Crippen LogP contribution in [0.5, 0.6) is 0 Å². The van der Waals surface area contributed by atoms with E-state index in [2.05, 4.69) is 5.32 Å². The molecule has 0 saturated carbocycles. The molecular formula is C10H12N2O. The number of rotatable bonds is 3. The molecule has 1 heterocycles. The molecule has 0 atom stereocenters. The molecule has 68 valence electrons. The Morgan fingerprint density at radius 1 is 1.31 bits per heavy atom. The highest BCUT2D eigenvalue weighted by atomic mass is 16.2. The van der Waals surface area contributed by atoms with Crippen LogP contribution in [-0.2, 0) is 4.79 Å². The summed E-state index contributed by atoms with van der Waals surface area (Å²) in [6.07, 6.45) is 0.